The van der Waals surface area contributed by atoms with Crippen LogP contribution in [0.1, 0.15) is 21.9 Å². The zero-order valence-corrected chi connectivity index (χ0v) is 13.6. The quantitative estimate of drug-likeness (QED) is 0.609. The summed E-state index contributed by atoms with van der Waals surface area (Å²) in [5.41, 5.74) is 7.21. The van der Waals surface area contributed by atoms with Gasteiger partial charge in [0, 0.05) is 18.3 Å². The van der Waals surface area contributed by atoms with Crippen molar-refractivity contribution in [1.29, 1.82) is 0 Å². The molecule has 124 valence electrons. The van der Waals surface area contributed by atoms with E-state index in [4.69, 9.17) is 10.2 Å². The molecule has 0 spiro atoms. The maximum absolute atomic E-state index is 12.3. The lowest BCUT2D eigenvalue weighted by Crippen LogP contribution is -2.26. The van der Waals surface area contributed by atoms with E-state index >= 15 is 0 Å². The van der Waals surface area contributed by atoms with Crippen molar-refractivity contribution in [2.45, 2.75) is 18.2 Å². The molecule has 0 aliphatic rings. The van der Waals surface area contributed by atoms with Crippen LogP contribution in [0.5, 0.6) is 0 Å². The molecule has 0 bridgehead atoms. The zero-order chi connectivity index (χ0) is 17.0. The molecule has 1 aromatic carbocycles. The molecule has 0 aliphatic heterocycles. The molecule has 0 amide bonds. The predicted molar refractivity (Wildman–Crippen MR) is 84.5 cm³/mol. The van der Waals surface area contributed by atoms with Crippen LogP contribution in [0, 0.1) is 6.92 Å². The summed E-state index contributed by atoms with van der Waals surface area (Å²) >= 11 is 0. The number of benzene rings is 1. The van der Waals surface area contributed by atoms with Gasteiger partial charge in [0.05, 0.1) is 7.11 Å². The van der Waals surface area contributed by atoms with E-state index in [1.54, 1.807) is 12.1 Å². The van der Waals surface area contributed by atoms with Gasteiger partial charge in [-0.05, 0) is 31.0 Å². The highest BCUT2D eigenvalue weighted by atomic mass is 32.2. The Hall–Kier alpha value is -2.32. The lowest BCUT2D eigenvalue weighted by molar-refractivity contribution is 0.0563. The van der Waals surface area contributed by atoms with E-state index in [0.29, 0.717) is 12.1 Å². The summed E-state index contributed by atoms with van der Waals surface area (Å²) in [5, 5.41) is 0. The number of aryl methyl sites for hydroxylation is 1. The summed E-state index contributed by atoms with van der Waals surface area (Å²) in [6.45, 7) is 1.69. The number of hydrogen-bond acceptors (Lipinski definition) is 6. The van der Waals surface area contributed by atoms with E-state index < -0.39 is 16.0 Å². The second-order valence-electron chi connectivity index (χ2n) is 4.91. The van der Waals surface area contributed by atoms with Crippen LogP contribution < -0.4 is 10.5 Å². The lowest BCUT2D eigenvalue weighted by atomic mass is 10.1. The second kappa shape index (κ2) is 6.84. The van der Waals surface area contributed by atoms with Crippen LogP contribution in [0.25, 0.3) is 0 Å². The van der Waals surface area contributed by atoms with Gasteiger partial charge in [0.15, 0.2) is 0 Å². The fourth-order valence-electron chi connectivity index (χ4n) is 2.03. The van der Waals surface area contributed by atoms with Crippen LogP contribution >= 0.6 is 0 Å². The Balaban J connectivity index is 2.05. The van der Waals surface area contributed by atoms with E-state index in [9.17, 15) is 13.2 Å². The summed E-state index contributed by atoms with van der Waals surface area (Å²) in [4.78, 5) is 11.3. The fourth-order valence-corrected chi connectivity index (χ4v) is 3.23. The number of methoxy groups -OCH3 is 1. The van der Waals surface area contributed by atoms with Gasteiger partial charge in [0.25, 0.3) is 0 Å². The van der Waals surface area contributed by atoms with Crippen LogP contribution in [-0.2, 0) is 21.2 Å². The van der Waals surface area contributed by atoms with Gasteiger partial charge < -0.3 is 14.9 Å². The Bertz CT molecular complexity index is 794. The molecular weight excluding hydrogens is 320 g/mol. The number of nitrogens with two attached hydrogens (primary N) is 1. The van der Waals surface area contributed by atoms with Crippen molar-refractivity contribution in [3.05, 3.63) is 47.4 Å². The van der Waals surface area contributed by atoms with Crippen LogP contribution in [0.3, 0.4) is 0 Å². The Labute approximate surface area is 134 Å². The molecule has 0 unspecified atom stereocenters. The van der Waals surface area contributed by atoms with Gasteiger partial charge in [-0.25, -0.2) is 17.9 Å². The molecule has 0 atom stereocenters. The van der Waals surface area contributed by atoms with E-state index in [-0.39, 0.29) is 23.0 Å². The number of hydrogen-bond donors (Lipinski definition) is 2. The van der Waals surface area contributed by atoms with Crippen molar-refractivity contribution >= 4 is 21.7 Å². The number of carbonyl (C=O) groups is 1. The molecule has 2 rings (SSSR count). The summed E-state index contributed by atoms with van der Waals surface area (Å²) in [5.74, 6) is -0.745. The van der Waals surface area contributed by atoms with Crippen molar-refractivity contribution in [3.8, 4) is 0 Å². The van der Waals surface area contributed by atoms with Gasteiger partial charge in [-0.2, -0.15) is 0 Å². The molecular formula is C15H18N2O5S. The SMILES string of the molecule is COC(=O)c1cc(S(=O)(=O)NCCc2ccc(N)cc2)c(C)o1. The molecule has 0 saturated carbocycles. The van der Waals surface area contributed by atoms with Gasteiger partial charge in [-0.3, -0.25) is 0 Å². The summed E-state index contributed by atoms with van der Waals surface area (Å²) in [7, 11) is -2.57. The average Bonchev–Trinajstić information content (AvgIpc) is 2.91. The third-order valence-electron chi connectivity index (χ3n) is 3.23. The topological polar surface area (TPSA) is 112 Å². The summed E-state index contributed by atoms with van der Waals surface area (Å²) in [6, 6.07) is 8.34. The fraction of sp³-hybridized carbons (Fsp3) is 0.267. The van der Waals surface area contributed by atoms with Gasteiger partial charge in [-0.1, -0.05) is 12.1 Å². The molecule has 1 heterocycles. The maximum Gasteiger partial charge on any atom is 0.373 e. The molecule has 23 heavy (non-hydrogen) atoms. The Morgan fingerprint density at radius 3 is 2.57 bits per heavy atom. The molecule has 3 N–H and O–H groups in total. The standard InChI is InChI=1S/C15H18N2O5S/c1-10-14(9-13(22-10)15(18)21-2)23(19,20)17-8-7-11-3-5-12(16)6-4-11/h3-6,9,17H,7-8,16H2,1-2H3. The molecule has 0 radical (unpaired) electrons. The number of anilines is 1. The third-order valence-corrected chi connectivity index (χ3v) is 4.80. The van der Waals surface area contributed by atoms with Gasteiger partial charge in [-0.15, -0.1) is 0 Å². The normalized spacial score (nSPS) is 11.4. The second-order valence-corrected chi connectivity index (χ2v) is 6.65. The molecule has 7 nitrogen and oxygen atoms in total. The van der Waals surface area contributed by atoms with Crippen LogP contribution in [0.2, 0.25) is 0 Å². The zero-order valence-electron chi connectivity index (χ0n) is 12.8. The number of carbonyl (C=O) groups excluding carboxylic acids is 1. The molecule has 8 heteroatoms. The number of nitrogen functional groups attached to an aromatic ring is 1. The van der Waals surface area contributed by atoms with Crippen molar-refractivity contribution in [2.24, 2.45) is 0 Å². The number of nitrogens with one attached hydrogen (secondary N) is 1. The first-order valence-electron chi connectivity index (χ1n) is 6.86. The molecule has 0 saturated heterocycles. The van der Waals surface area contributed by atoms with Crippen molar-refractivity contribution in [2.75, 3.05) is 19.4 Å². The Kier molecular flexibility index (Phi) is 5.07. The Morgan fingerprint density at radius 2 is 1.96 bits per heavy atom. The summed E-state index contributed by atoms with van der Waals surface area (Å²) in [6.07, 6.45) is 0.514. The first-order valence-corrected chi connectivity index (χ1v) is 8.34. The number of furan rings is 1. The Morgan fingerprint density at radius 1 is 1.30 bits per heavy atom. The van der Waals surface area contributed by atoms with E-state index in [2.05, 4.69) is 9.46 Å². The lowest BCUT2D eigenvalue weighted by Gasteiger charge is -2.06. The third kappa shape index (κ3) is 4.11. The van der Waals surface area contributed by atoms with Gasteiger partial charge in [0.1, 0.15) is 10.7 Å². The largest absolute Gasteiger partial charge is 0.463 e. The molecule has 0 aliphatic carbocycles. The van der Waals surface area contributed by atoms with Crippen molar-refractivity contribution < 1.29 is 22.4 Å². The van der Waals surface area contributed by atoms with Crippen LogP contribution in [0.4, 0.5) is 5.69 Å². The minimum atomic E-state index is -3.77. The maximum atomic E-state index is 12.3. The van der Waals surface area contributed by atoms with E-state index in [0.717, 1.165) is 11.6 Å². The van der Waals surface area contributed by atoms with Gasteiger partial charge >= 0.3 is 5.97 Å². The molecule has 0 fully saturated rings. The highest BCUT2D eigenvalue weighted by molar-refractivity contribution is 7.89. The van der Waals surface area contributed by atoms with E-state index in [1.807, 2.05) is 12.1 Å². The predicted octanol–water partition coefficient (Wildman–Crippen LogP) is 1.48. The number of esters is 1. The first-order chi connectivity index (χ1) is 10.8. The smallest absolute Gasteiger partial charge is 0.373 e. The van der Waals surface area contributed by atoms with E-state index in [1.165, 1.54) is 14.0 Å². The number of sulfonamides is 1. The minimum absolute atomic E-state index is 0.0739. The van der Waals surface area contributed by atoms with Crippen LogP contribution in [0.15, 0.2) is 39.6 Å². The molecule has 1 aromatic heterocycles. The number of ether oxygens (including phenoxy) is 1. The number of rotatable bonds is 6. The van der Waals surface area contributed by atoms with Gasteiger partial charge in [0.2, 0.25) is 15.8 Å². The monoisotopic (exact) mass is 338 g/mol. The summed E-state index contributed by atoms with van der Waals surface area (Å²) < 4.78 is 36.7. The van der Waals surface area contributed by atoms with Crippen molar-refractivity contribution in [1.82, 2.24) is 4.72 Å². The van der Waals surface area contributed by atoms with Crippen molar-refractivity contribution in [3.63, 3.8) is 0 Å². The average molecular weight is 338 g/mol. The highest BCUT2D eigenvalue weighted by Crippen LogP contribution is 2.20. The molecule has 2 aromatic rings. The van der Waals surface area contributed by atoms with Crippen LogP contribution in [-0.4, -0.2) is 28.0 Å². The minimum Gasteiger partial charge on any atom is -0.463 e. The first kappa shape index (κ1) is 17.0. The highest BCUT2D eigenvalue weighted by Gasteiger charge is 2.24.